The number of hydrogen-bond donors (Lipinski definition) is 1. The molecule has 0 aliphatic carbocycles. The van der Waals surface area contributed by atoms with Crippen LogP contribution in [0.2, 0.25) is 0 Å². The third kappa shape index (κ3) is 3.94. The summed E-state index contributed by atoms with van der Waals surface area (Å²) in [5.41, 5.74) is 7.02. The second-order valence-corrected chi connectivity index (χ2v) is 5.11. The highest BCUT2D eigenvalue weighted by atomic mass is 32.2. The minimum atomic E-state index is 0.392. The largest absolute Gasteiger partial charge is 0.384 e. The Morgan fingerprint density at radius 1 is 1.26 bits per heavy atom. The molecular formula is C14H17N3OS. The first-order chi connectivity index (χ1) is 9.19. The highest BCUT2D eigenvalue weighted by Gasteiger charge is 2.06. The van der Waals surface area contributed by atoms with E-state index in [1.807, 2.05) is 19.1 Å². The summed E-state index contributed by atoms with van der Waals surface area (Å²) in [7, 11) is 0. The molecule has 0 radical (unpaired) electrons. The summed E-state index contributed by atoms with van der Waals surface area (Å²) in [6.07, 6.45) is 0. The highest BCUT2D eigenvalue weighted by Crippen LogP contribution is 2.29. The molecule has 19 heavy (non-hydrogen) atoms. The van der Waals surface area contributed by atoms with E-state index in [4.69, 9.17) is 10.5 Å². The molecule has 0 unspecified atom stereocenters. The molecular weight excluding hydrogens is 258 g/mol. The van der Waals surface area contributed by atoms with E-state index >= 15 is 0 Å². The molecule has 1 aromatic heterocycles. The Morgan fingerprint density at radius 3 is 2.79 bits per heavy atom. The fourth-order valence-corrected chi connectivity index (χ4v) is 2.52. The maximum absolute atomic E-state index is 5.80. The van der Waals surface area contributed by atoms with Crippen LogP contribution in [0.5, 0.6) is 0 Å². The van der Waals surface area contributed by atoms with Crippen LogP contribution in [-0.2, 0) is 11.3 Å². The monoisotopic (exact) mass is 275 g/mol. The molecule has 1 heterocycles. The average molecular weight is 275 g/mol. The van der Waals surface area contributed by atoms with Crippen molar-refractivity contribution in [1.82, 2.24) is 9.97 Å². The van der Waals surface area contributed by atoms with Crippen LogP contribution in [0.1, 0.15) is 18.3 Å². The number of anilines is 1. The summed E-state index contributed by atoms with van der Waals surface area (Å²) >= 11 is 1.59. The molecule has 5 heteroatoms. The summed E-state index contributed by atoms with van der Waals surface area (Å²) in [6.45, 7) is 5.05. The van der Waals surface area contributed by atoms with Gasteiger partial charge in [0.25, 0.3) is 0 Å². The number of rotatable bonds is 5. The van der Waals surface area contributed by atoms with Crippen molar-refractivity contribution in [3.05, 3.63) is 41.7 Å². The van der Waals surface area contributed by atoms with Crippen molar-refractivity contribution in [3.63, 3.8) is 0 Å². The summed E-state index contributed by atoms with van der Waals surface area (Å²) < 4.78 is 5.31. The quantitative estimate of drug-likeness (QED) is 0.850. The number of nitrogens with zero attached hydrogens (tertiary/aromatic N) is 2. The first-order valence-electron chi connectivity index (χ1n) is 6.13. The predicted octanol–water partition coefficient (Wildman–Crippen LogP) is 3.05. The molecule has 0 bridgehead atoms. The van der Waals surface area contributed by atoms with Crippen LogP contribution in [0.3, 0.4) is 0 Å². The van der Waals surface area contributed by atoms with Gasteiger partial charge in [-0.15, -0.1) is 0 Å². The number of ether oxygens (including phenoxy) is 1. The van der Waals surface area contributed by atoms with E-state index in [2.05, 4.69) is 29.0 Å². The van der Waals surface area contributed by atoms with Crippen molar-refractivity contribution in [2.24, 2.45) is 0 Å². The Balaban J connectivity index is 2.20. The molecule has 0 fully saturated rings. The normalized spacial score (nSPS) is 10.6. The van der Waals surface area contributed by atoms with Gasteiger partial charge in [-0.3, -0.25) is 0 Å². The van der Waals surface area contributed by atoms with Gasteiger partial charge in [0.05, 0.1) is 0 Å². The van der Waals surface area contributed by atoms with Gasteiger partial charge >= 0.3 is 0 Å². The van der Waals surface area contributed by atoms with Crippen molar-refractivity contribution in [3.8, 4) is 0 Å². The number of nitrogen functional groups attached to an aromatic ring is 1. The Hall–Kier alpha value is -1.59. The van der Waals surface area contributed by atoms with E-state index in [0.717, 1.165) is 5.03 Å². The van der Waals surface area contributed by atoms with Crippen molar-refractivity contribution >= 4 is 17.6 Å². The van der Waals surface area contributed by atoms with Crippen LogP contribution in [0, 0.1) is 6.92 Å². The molecule has 2 rings (SSSR count). The fourth-order valence-electron chi connectivity index (χ4n) is 1.59. The predicted molar refractivity (Wildman–Crippen MR) is 77.1 cm³/mol. The molecule has 1 aromatic carbocycles. The third-order valence-electron chi connectivity index (χ3n) is 2.51. The van der Waals surface area contributed by atoms with E-state index < -0.39 is 0 Å². The zero-order chi connectivity index (χ0) is 13.7. The molecule has 0 aliphatic rings. The number of aromatic nitrogens is 2. The molecule has 0 spiro atoms. The summed E-state index contributed by atoms with van der Waals surface area (Å²) in [6, 6.07) is 9.97. The molecule has 100 valence electrons. The molecule has 2 N–H and O–H groups in total. The van der Waals surface area contributed by atoms with Gasteiger partial charge in [-0.1, -0.05) is 30.0 Å². The maximum atomic E-state index is 5.80. The van der Waals surface area contributed by atoms with Crippen molar-refractivity contribution in [2.45, 2.75) is 30.4 Å². The summed E-state index contributed by atoms with van der Waals surface area (Å²) in [4.78, 5) is 9.79. The zero-order valence-electron chi connectivity index (χ0n) is 11.1. The molecule has 2 aromatic rings. The van der Waals surface area contributed by atoms with Gasteiger partial charge < -0.3 is 10.5 Å². The Labute approximate surface area is 117 Å². The van der Waals surface area contributed by atoms with Crippen LogP contribution < -0.4 is 5.73 Å². The lowest BCUT2D eigenvalue weighted by molar-refractivity contribution is 0.128. The lowest BCUT2D eigenvalue weighted by atomic mass is 10.2. The van der Waals surface area contributed by atoms with Crippen LogP contribution >= 0.6 is 11.8 Å². The minimum Gasteiger partial charge on any atom is -0.384 e. The molecule has 0 saturated heterocycles. The number of nitrogens with two attached hydrogens (primary N) is 1. The average Bonchev–Trinajstić information content (AvgIpc) is 2.38. The van der Waals surface area contributed by atoms with E-state index in [1.54, 1.807) is 17.8 Å². The second-order valence-electron chi connectivity index (χ2n) is 4.05. The molecule has 0 saturated carbocycles. The lowest BCUT2D eigenvalue weighted by Crippen LogP contribution is -2.03. The van der Waals surface area contributed by atoms with Crippen molar-refractivity contribution in [2.75, 3.05) is 12.3 Å². The Kier molecular flexibility index (Phi) is 4.76. The second kappa shape index (κ2) is 6.54. The topological polar surface area (TPSA) is 61.0 Å². The molecule has 4 nitrogen and oxygen atoms in total. The number of hydrogen-bond acceptors (Lipinski definition) is 5. The van der Waals surface area contributed by atoms with E-state index in [9.17, 15) is 0 Å². The first kappa shape index (κ1) is 13.8. The van der Waals surface area contributed by atoms with Crippen LogP contribution in [-0.4, -0.2) is 16.6 Å². The van der Waals surface area contributed by atoms with Gasteiger partial charge in [0.15, 0.2) is 5.82 Å². The van der Waals surface area contributed by atoms with Crippen molar-refractivity contribution < 1.29 is 4.74 Å². The third-order valence-corrected chi connectivity index (χ3v) is 3.61. The molecule has 0 atom stereocenters. The fraction of sp³-hybridized carbons (Fsp3) is 0.286. The van der Waals surface area contributed by atoms with Gasteiger partial charge in [-0.2, -0.15) is 0 Å². The van der Waals surface area contributed by atoms with E-state index in [-0.39, 0.29) is 0 Å². The summed E-state index contributed by atoms with van der Waals surface area (Å²) in [5, 5.41) is 0.844. The maximum Gasteiger partial charge on any atom is 0.157 e. The minimum absolute atomic E-state index is 0.392. The van der Waals surface area contributed by atoms with Gasteiger partial charge in [-0.05, 0) is 25.5 Å². The van der Waals surface area contributed by atoms with E-state index in [1.165, 1.54) is 10.5 Å². The smallest absolute Gasteiger partial charge is 0.157 e. The van der Waals surface area contributed by atoms with E-state index in [0.29, 0.717) is 24.9 Å². The standard InChI is InChI=1S/C14H17N3OS/c1-3-18-9-13-16-12(15)8-14(17-13)19-11-7-5-4-6-10(11)2/h4-8H,3,9H2,1-2H3,(H2,15,16,17). The molecule has 0 aliphatic heterocycles. The van der Waals surface area contributed by atoms with Gasteiger partial charge in [0, 0.05) is 17.6 Å². The SMILES string of the molecule is CCOCc1nc(N)cc(Sc2ccccc2C)n1. The summed E-state index contributed by atoms with van der Waals surface area (Å²) in [5.74, 6) is 1.10. The van der Waals surface area contributed by atoms with Gasteiger partial charge in [0.1, 0.15) is 17.5 Å². The Bertz CT molecular complexity index is 560. The van der Waals surface area contributed by atoms with Crippen LogP contribution in [0.25, 0.3) is 0 Å². The zero-order valence-corrected chi connectivity index (χ0v) is 11.9. The van der Waals surface area contributed by atoms with Crippen molar-refractivity contribution in [1.29, 1.82) is 0 Å². The van der Waals surface area contributed by atoms with Crippen LogP contribution in [0.15, 0.2) is 40.3 Å². The Morgan fingerprint density at radius 2 is 2.05 bits per heavy atom. The highest BCUT2D eigenvalue weighted by molar-refractivity contribution is 7.99. The number of benzene rings is 1. The first-order valence-corrected chi connectivity index (χ1v) is 6.95. The lowest BCUT2D eigenvalue weighted by Gasteiger charge is -2.07. The van der Waals surface area contributed by atoms with Crippen LogP contribution in [0.4, 0.5) is 5.82 Å². The number of aryl methyl sites for hydroxylation is 1. The molecule has 0 amide bonds. The van der Waals surface area contributed by atoms with Gasteiger partial charge in [0.2, 0.25) is 0 Å². The van der Waals surface area contributed by atoms with Gasteiger partial charge in [-0.25, -0.2) is 9.97 Å².